The molecule has 2 heterocycles. The Bertz CT molecular complexity index is 575. The number of nitrogens with zero attached hydrogens (tertiary/aromatic N) is 1. The Kier molecular flexibility index (Phi) is 5.79. The van der Waals surface area contributed by atoms with Crippen molar-refractivity contribution in [2.75, 3.05) is 18.2 Å². The second-order valence-corrected chi connectivity index (χ2v) is 7.18. The van der Waals surface area contributed by atoms with Crippen LogP contribution in [0.1, 0.15) is 37.8 Å². The van der Waals surface area contributed by atoms with Gasteiger partial charge in [0.05, 0.1) is 18.0 Å². The van der Waals surface area contributed by atoms with E-state index < -0.39 is 0 Å². The first-order valence-electron chi connectivity index (χ1n) is 8.55. The first-order chi connectivity index (χ1) is 11.7. The second-order valence-electron chi connectivity index (χ2n) is 6.18. The zero-order valence-electron chi connectivity index (χ0n) is 13.9. The third-order valence-corrected chi connectivity index (χ3v) is 5.61. The summed E-state index contributed by atoms with van der Waals surface area (Å²) in [7, 11) is 0. The average Bonchev–Trinajstić information content (AvgIpc) is 3.31. The lowest BCUT2D eigenvalue weighted by Crippen LogP contribution is -2.49. The number of amides is 2. The van der Waals surface area contributed by atoms with Crippen molar-refractivity contribution < 1.29 is 14.3 Å². The van der Waals surface area contributed by atoms with E-state index in [9.17, 15) is 9.59 Å². The highest BCUT2D eigenvalue weighted by Crippen LogP contribution is 2.28. The van der Waals surface area contributed by atoms with Gasteiger partial charge in [-0.15, -0.1) is 11.8 Å². The maximum atomic E-state index is 12.8. The topological polar surface area (TPSA) is 58.6 Å². The first-order valence-corrected chi connectivity index (χ1v) is 9.70. The van der Waals surface area contributed by atoms with E-state index in [4.69, 9.17) is 4.74 Å². The number of hydrogen-bond acceptors (Lipinski definition) is 4. The highest BCUT2D eigenvalue weighted by Gasteiger charge is 2.37. The van der Waals surface area contributed by atoms with E-state index in [0.29, 0.717) is 18.1 Å². The van der Waals surface area contributed by atoms with E-state index in [1.807, 2.05) is 37.3 Å². The lowest BCUT2D eigenvalue weighted by molar-refractivity contribution is -0.138. The molecule has 5 nitrogen and oxygen atoms in total. The van der Waals surface area contributed by atoms with E-state index in [1.54, 1.807) is 16.7 Å². The van der Waals surface area contributed by atoms with Gasteiger partial charge in [-0.05, 0) is 18.4 Å². The Morgan fingerprint density at radius 3 is 2.83 bits per heavy atom. The number of carbonyl (C=O) groups excluding carboxylic acids is 2. The molecule has 3 atom stereocenters. The molecule has 24 heavy (non-hydrogen) atoms. The second kappa shape index (κ2) is 8.03. The van der Waals surface area contributed by atoms with Gasteiger partial charge in [0.2, 0.25) is 11.8 Å². The SMILES string of the molecule is CCC(=O)N1CSC[C@@H]1C(=O)N[C@H](c1ccccc1)[C@H]1CCCO1. The van der Waals surface area contributed by atoms with Crippen molar-refractivity contribution in [1.82, 2.24) is 10.2 Å². The lowest BCUT2D eigenvalue weighted by atomic mass is 9.99. The van der Waals surface area contributed by atoms with Crippen molar-refractivity contribution in [3.63, 3.8) is 0 Å². The lowest BCUT2D eigenvalue weighted by Gasteiger charge is -2.28. The Morgan fingerprint density at radius 1 is 1.38 bits per heavy atom. The van der Waals surface area contributed by atoms with Gasteiger partial charge in [-0.3, -0.25) is 9.59 Å². The first kappa shape index (κ1) is 17.3. The standard InChI is InChI=1S/C18H24N2O3S/c1-2-16(21)20-12-24-11-14(20)18(22)19-17(15-9-6-10-23-15)13-7-4-3-5-8-13/h3-5,7-8,14-15,17H,2,6,9-12H2,1H3,(H,19,22)/t14-,15-,17-/m1/s1. The summed E-state index contributed by atoms with van der Waals surface area (Å²) in [4.78, 5) is 26.6. The third-order valence-electron chi connectivity index (χ3n) is 4.60. The molecule has 3 rings (SSSR count). The Hall–Kier alpha value is -1.53. The summed E-state index contributed by atoms with van der Waals surface area (Å²) in [6.45, 7) is 2.57. The number of ether oxygens (including phenoxy) is 1. The van der Waals surface area contributed by atoms with Crippen molar-refractivity contribution >= 4 is 23.6 Å². The maximum absolute atomic E-state index is 12.8. The van der Waals surface area contributed by atoms with Crippen LogP contribution in [0.25, 0.3) is 0 Å². The maximum Gasteiger partial charge on any atom is 0.244 e. The van der Waals surface area contributed by atoms with Crippen LogP contribution < -0.4 is 5.32 Å². The molecule has 1 N–H and O–H groups in total. The fourth-order valence-corrected chi connectivity index (χ4v) is 4.46. The summed E-state index contributed by atoms with van der Waals surface area (Å²) < 4.78 is 5.83. The molecule has 130 valence electrons. The van der Waals surface area contributed by atoms with Crippen LogP contribution in [0.5, 0.6) is 0 Å². The fraction of sp³-hybridized carbons (Fsp3) is 0.556. The molecule has 0 aromatic heterocycles. The Morgan fingerprint density at radius 2 is 2.17 bits per heavy atom. The Balaban J connectivity index is 1.74. The molecule has 0 aliphatic carbocycles. The normalized spacial score (nSPS) is 24.8. The van der Waals surface area contributed by atoms with Gasteiger partial charge < -0.3 is 15.0 Å². The van der Waals surface area contributed by atoms with E-state index in [0.717, 1.165) is 25.0 Å². The van der Waals surface area contributed by atoms with Crippen LogP contribution in [0.4, 0.5) is 0 Å². The summed E-state index contributed by atoms with van der Waals surface area (Å²) in [5, 5.41) is 3.15. The highest BCUT2D eigenvalue weighted by atomic mass is 32.2. The smallest absolute Gasteiger partial charge is 0.244 e. The van der Waals surface area contributed by atoms with Crippen LogP contribution >= 0.6 is 11.8 Å². The van der Waals surface area contributed by atoms with Crippen molar-refractivity contribution in [3.8, 4) is 0 Å². The van der Waals surface area contributed by atoms with Crippen LogP contribution in [-0.2, 0) is 14.3 Å². The predicted molar refractivity (Wildman–Crippen MR) is 94.5 cm³/mol. The fourth-order valence-electron chi connectivity index (χ4n) is 3.27. The van der Waals surface area contributed by atoms with E-state index in [-0.39, 0.29) is 30.0 Å². The van der Waals surface area contributed by atoms with Crippen LogP contribution in [0, 0.1) is 0 Å². The largest absolute Gasteiger partial charge is 0.376 e. The molecule has 2 saturated heterocycles. The van der Waals surface area contributed by atoms with Gasteiger partial charge in [-0.1, -0.05) is 37.3 Å². The van der Waals surface area contributed by atoms with Gasteiger partial charge >= 0.3 is 0 Å². The molecule has 2 fully saturated rings. The van der Waals surface area contributed by atoms with E-state index in [2.05, 4.69) is 5.32 Å². The van der Waals surface area contributed by atoms with Crippen molar-refractivity contribution in [2.45, 2.75) is 44.4 Å². The van der Waals surface area contributed by atoms with Gasteiger partial charge in [0.1, 0.15) is 6.04 Å². The van der Waals surface area contributed by atoms with Gasteiger partial charge in [0, 0.05) is 18.8 Å². The van der Waals surface area contributed by atoms with Gasteiger partial charge in [0.15, 0.2) is 0 Å². The number of carbonyl (C=O) groups is 2. The zero-order chi connectivity index (χ0) is 16.9. The molecule has 6 heteroatoms. The monoisotopic (exact) mass is 348 g/mol. The zero-order valence-corrected chi connectivity index (χ0v) is 14.8. The van der Waals surface area contributed by atoms with Crippen LogP contribution in [0.15, 0.2) is 30.3 Å². The van der Waals surface area contributed by atoms with E-state index in [1.165, 1.54) is 0 Å². The summed E-state index contributed by atoms with van der Waals surface area (Å²) in [5.74, 6) is 1.21. The van der Waals surface area contributed by atoms with Gasteiger partial charge in [-0.2, -0.15) is 0 Å². The highest BCUT2D eigenvalue weighted by molar-refractivity contribution is 7.99. The third kappa shape index (κ3) is 3.75. The number of hydrogen-bond donors (Lipinski definition) is 1. The van der Waals surface area contributed by atoms with Gasteiger partial charge in [-0.25, -0.2) is 0 Å². The minimum atomic E-state index is -0.380. The minimum absolute atomic E-state index is 0.000679. The van der Waals surface area contributed by atoms with Gasteiger partial charge in [0.25, 0.3) is 0 Å². The molecule has 2 aliphatic rings. The average molecular weight is 348 g/mol. The van der Waals surface area contributed by atoms with Crippen LogP contribution in [0.2, 0.25) is 0 Å². The van der Waals surface area contributed by atoms with Crippen molar-refractivity contribution in [2.24, 2.45) is 0 Å². The molecular weight excluding hydrogens is 324 g/mol. The molecule has 0 saturated carbocycles. The van der Waals surface area contributed by atoms with Crippen molar-refractivity contribution in [1.29, 1.82) is 0 Å². The quantitative estimate of drug-likeness (QED) is 0.887. The summed E-state index contributed by atoms with van der Waals surface area (Å²) in [5.41, 5.74) is 1.05. The molecule has 0 bridgehead atoms. The molecule has 2 amide bonds. The molecular formula is C18H24N2O3S. The molecule has 0 spiro atoms. The van der Waals surface area contributed by atoms with E-state index >= 15 is 0 Å². The molecule has 1 aromatic carbocycles. The number of nitrogens with one attached hydrogen (secondary N) is 1. The summed E-state index contributed by atoms with van der Waals surface area (Å²) in [6.07, 6.45) is 2.39. The predicted octanol–water partition coefficient (Wildman–Crippen LogP) is 2.33. The summed E-state index contributed by atoms with van der Waals surface area (Å²) in [6, 6.07) is 9.41. The van der Waals surface area contributed by atoms with Crippen LogP contribution in [-0.4, -0.2) is 47.1 Å². The number of rotatable bonds is 5. The van der Waals surface area contributed by atoms with Crippen molar-refractivity contribution in [3.05, 3.63) is 35.9 Å². The molecule has 0 unspecified atom stereocenters. The number of thioether (sulfide) groups is 1. The molecule has 1 aromatic rings. The van der Waals surface area contributed by atoms with Crippen LogP contribution in [0.3, 0.4) is 0 Å². The molecule has 2 aliphatic heterocycles. The Labute approximate surface area is 147 Å². The summed E-state index contributed by atoms with van der Waals surface area (Å²) >= 11 is 1.63. The number of benzene rings is 1. The minimum Gasteiger partial charge on any atom is -0.376 e. The molecule has 0 radical (unpaired) electrons.